The zero-order valence-corrected chi connectivity index (χ0v) is 11.9. The highest BCUT2D eigenvalue weighted by Crippen LogP contribution is 2.40. The van der Waals surface area contributed by atoms with Crippen LogP contribution in [0.3, 0.4) is 0 Å². The number of furan rings is 1. The van der Waals surface area contributed by atoms with Crippen LogP contribution in [-0.2, 0) is 0 Å². The summed E-state index contributed by atoms with van der Waals surface area (Å²) in [5, 5.41) is 28.7. The van der Waals surface area contributed by atoms with Gasteiger partial charge in [-0.15, -0.1) is 10.2 Å². The first kappa shape index (κ1) is 13.2. The lowest BCUT2D eigenvalue weighted by Gasteiger charge is -2.21. The van der Waals surface area contributed by atoms with E-state index in [9.17, 15) is 5.21 Å². The van der Waals surface area contributed by atoms with Gasteiger partial charge in [-0.1, -0.05) is 12.1 Å². The summed E-state index contributed by atoms with van der Waals surface area (Å²) in [6, 6.07) is 10.2. The molecule has 1 atom stereocenters. The lowest BCUT2D eigenvalue weighted by molar-refractivity contribution is 0.296. The van der Waals surface area contributed by atoms with Gasteiger partial charge in [0, 0.05) is 5.56 Å². The molecule has 3 heterocycles. The maximum Gasteiger partial charge on any atom is 0.212 e. The first-order valence-electron chi connectivity index (χ1n) is 6.41. The molecular formula is C13H10N5O3S-. The summed E-state index contributed by atoms with van der Waals surface area (Å²) in [6.07, 6.45) is 1.62. The monoisotopic (exact) mass is 316 g/mol. The topological polar surface area (TPSA) is 102 Å². The number of anilines is 1. The van der Waals surface area contributed by atoms with Crippen LogP contribution >= 0.6 is 11.8 Å². The third-order valence-electron chi connectivity index (χ3n) is 3.23. The minimum absolute atomic E-state index is 0.0868. The van der Waals surface area contributed by atoms with Gasteiger partial charge in [-0.2, -0.15) is 0 Å². The van der Waals surface area contributed by atoms with Crippen LogP contribution in [0.15, 0.2) is 52.2 Å². The van der Waals surface area contributed by atoms with Gasteiger partial charge in [0.2, 0.25) is 5.16 Å². The minimum atomic E-state index is -0.182. The molecule has 0 radical (unpaired) electrons. The molecule has 112 valence electrons. The number of fused-ring (bicyclic) bond motifs is 1. The summed E-state index contributed by atoms with van der Waals surface area (Å²) in [4.78, 5) is 0. The van der Waals surface area contributed by atoms with E-state index in [4.69, 9.17) is 9.62 Å². The van der Waals surface area contributed by atoms with Crippen LogP contribution in [0.2, 0.25) is 0 Å². The van der Waals surface area contributed by atoms with Crippen LogP contribution in [0.4, 0.5) is 5.69 Å². The Bertz CT molecular complexity index is 802. The molecule has 0 saturated heterocycles. The van der Waals surface area contributed by atoms with Gasteiger partial charge < -0.3 is 20.3 Å². The van der Waals surface area contributed by atoms with E-state index in [1.54, 1.807) is 23.1 Å². The van der Waals surface area contributed by atoms with Gasteiger partial charge in [0.05, 0.1) is 12.0 Å². The van der Waals surface area contributed by atoms with Crippen LogP contribution in [-0.4, -0.2) is 20.1 Å². The van der Waals surface area contributed by atoms with Crippen molar-refractivity contribution in [3.8, 4) is 11.4 Å². The third-order valence-corrected chi connectivity index (χ3v) is 4.28. The van der Waals surface area contributed by atoms with E-state index in [-0.39, 0.29) is 16.3 Å². The van der Waals surface area contributed by atoms with Crippen molar-refractivity contribution in [1.82, 2.24) is 14.9 Å². The molecule has 1 aromatic carbocycles. The largest absolute Gasteiger partial charge is 0.733 e. The van der Waals surface area contributed by atoms with Crippen LogP contribution < -0.4 is 10.7 Å². The third kappa shape index (κ3) is 2.11. The summed E-state index contributed by atoms with van der Waals surface area (Å²) in [7, 11) is 0. The van der Waals surface area contributed by atoms with E-state index in [0.29, 0.717) is 16.5 Å². The number of rotatable bonds is 3. The summed E-state index contributed by atoms with van der Waals surface area (Å²) >= 11 is 1.48. The Morgan fingerprint density at radius 3 is 3.00 bits per heavy atom. The second-order valence-corrected chi connectivity index (χ2v) is 5.68. The standard InChI is InChI=1S/C13H10N5O3S/c19-18(20)9-4-1-3-8(7-9)11-14-15-13-17(11)16-12(22-13)10-5-2-6-21-10/h1-7,12,16,19H/q-1/t12-/m1/s1. The maximum absolute atomic E-state index is 11.0. The Labute approximate surface area is 128 Å². The smallest absolute Gasteiger partial charge is 0.212 e. The number of nitrogens with one attached hydrogen (secondary N) is 1. The number of hydrogen-bond acceptors (Lipinski definition) is 8. The molecule has 9 heteroatoms. The van der Waals surface area contributed by atoms with Crippen molar-refractivity contribution in [2.24, 2.45) is 0 Å². The fraction of sp³-hybridized carbons (Fsp3) is 0.0769. The number of hydrogen-bond donors (Lipinski definition) is 2. The van der Waals surface area contributed by atoms with Gasteiger partial charge in [-0.05, 0) is 36.0 Å². The lowest BCUT2D eigenvalue weighted by atomic mass is 10.2. The molecule has 3 aromatic rings. The van der Waals surface area contributed by atoms with Crippen molar-refractivity contribution in [1.29, 1.82) is 0 Å². The van der Waals surface area contributed by atoms with E-state index in [1.165, 1.54) is 23.9 Å². The second kappa shape index (κ2) is 5.05. The van der Waals surface area contributed by atoms with Crippen LogP contribution in [0, 0.1) is 5.21 Å². The molecule has 1 aliphatic heterocycles. The van der Waals surface area contributed by atoms with Crippen molar-refractivity contribution in [2.45, 2.75) is 10.5 Å². The lowest BCUT2D eigenvalue weighted by Crippen LogP contribution is -2.13. The molecule has 0 unspecified atom stereocenters. The van der Waals surface area contributed by atoms with Crippen molar-refractivity contribution < 1.29 is 9.62 Å². The van der Waals surface area contributed by atoms with Gasteiger partial charge in [0.15, 0.2) is 11.2 Å². The van der Waals surface area contributed by atoms with Crippen molar-refractivity contribution in [2.75, 3.05) is 10.7 Å². The molecule has 2 N–H and O–H groups in total. The summed E-state index contributed by atoms with van der Waals surface area (Å²) in [5.41, 5.74) is 4.03. The number of nitrogens with zero attached hydrogens (tertiary/aromatic N) is 4. The van der Waals surface area contributed by atoms with Crippen LogP contribution in [0.25, 0.3) is 11.4 Å². The fourth-order valence-corrected chi connectivity index (χ4v) is 3.18. The molecule has 2 aromatic heterocycles. The maximum atomic E-state index is 11.0. The zero-order chi connectivity index (χ0) is 15.1. The van der Waals surface area contributed by atoms with E-state index < -0.39 is 0 Å². The van der Waals surface area contributed by atoms with Crippen molar-refractivity contribution in [3.63, 3.8) is 0 Å². The molecule has 0 aliphatic carbocycles. The molecule has 0 amide bonds. The van der Waals surface area contributed by atoms with Crippen LogP contribution in [0.1, 0.15) is 11.1 Å². The summed E-state index contributed by atoms with van der Waals surface area (Å²) in [5.74, 6) is 1.34. The SMILES string of the molecule is [O-]N(O)c1cccc(-c2nnc3n2N[C@@H](c2ccco2)S3)c1. The molecule has 0 spiro atoms. The molecule has 0 fully saturated rings. The fourth-order valence-electron chi connectivity index (χ4n) is 2.22. The average molecular weight is 316 g/mol. The normalized spacial score (nSPS) is 16.4. The van der Waals surface area contributed by atoms with Gasteiger partial charge >= 0.3 is 0 Å². The predicted molar refractivity (Wildman–Crippen MR) is 79.8 cm³/mol. The van der Waals surface area contributed by atoms with E-state index in [0.717, 1.165) is 5.76 Å². The quantitative estimate of drug-likeness (QED) is 0.711. The molecule has 0 saturated carbocycles. The Morgan fingerprint density at radius 2 is 2.23 bits per heavy atom. The predicted octanol–water partition coefficient (Wildman–Crippen LogP) is 2.58. The number of aromatic nitrogens is 3. The van der Waals surface area contributed by atoms with E-state index >= 15 is 0 Å². The molecule has 0 bridgehead atoms. The summed E-state index contributed by atoms with van der Waals surface area (Å²) < 4.78 is 7.13. The minimum Gasteiger partial charge on any atom is -0.733 e. The second-order valence-electron chi connectivity index (χ2n) is 4.61. The van der Waals surface area contributed by atoms with Gasteiger partial charge in [-0.25, -0.2) is 4.68 Å². The molecule has 8 nitrogen and oxygen atoms in total. The molecule has 4 rings (SSSR count). The molecule has 22 heavy (non-hydrogen) atoms. The first-order chi connectivity index (χ1) is 10.7. The highest BCUT2D eigenvalue weighted by atomic mass is 32.2. The molecule has 1 aliphatic rings. The highest BCUT2D eigenvalue weighted by Gasteiger charge is 2.29. The van der Waals surface area contributed by atoms with E-state index in [2.05, 4.69) is 15.6 Å². The highest BCUT2D eigenvalue weighted by molar-refractivity contribution is 7.99. The van der Waals surface area contributed by atoms with Crippen molar-refractivity contribution in [3.05, 3.63) is 53.6 Å². The Hall–Kier alpha value is -2.49. The Balaban J connectivity index is 1.68. The molecular weight excluding hydrogens is 306 g/mol. The summed E-state index contributed by atoms with van der Waals surface area (Å²) in [6.45, 7) is 0. The average Bonchev–Trinajstić information content (AvgIpc) is 3.23. The van der Waals surface area contributed by atoms with Gasteiger partial charge in [0.1, 0.15) is 5.76 Å². The van der Waals surface area contributed by atoms with Crippen molar-refractivity contribution >= 4 is 17.4 Å². The van der Waals surface area contributed by atoms with Crippen LogP contribution in [0.5, 0.6) is 0 Å². The Kier molecular flexibility index (Phi) is 3.03. The number of benzene rings is 1. The van der Waals surface area contributed by atoms with Gasteiger partial charge in [0.25, 0.3) is 0 Å². The number of thioether (sulfide) groups is 1. The van der Waals surface area contributed by atoms with E-state index in [1.807, 2.05) is 12.1 Å². The zero-order valence-electron chi connectivity index (χ0n) is 11.1. The Morgan fingerprint density at radius 1 is 1.32 bits per heavy atom. The first-order valence-corrected chi connectivity index (χ1v) is 7.29. The van der Waals surface area contributed by atoms with Gasteiger partial charge in [-0.3, -0.25) is 5.21 Å².